The smallest absolute Gasteiger partial charge is 0.272 e. The molecule has 0 spiro atoms. The van der Waals surface area contributed by atoms with Gasteiger partial charge in [0.05, 0.1) is 5.56 Å². The molecule has 9 nitrogen and oxygen atoms in total. The molecule has 1 atom stereocenters. The lowest BCUT2D eigenvalue weighted by Gasteiger charge is -2.35. The van der Waals surface area contributed by atoms with Crippen LogP contribution in [0.2, 0.25) is 0 Å². The van der Waals surface area contributed by atoms with Crippen molar-refractivity contribution in [2.45, 2.75) is 64.8 Å². The van der Waals surface area contributed by atoms with Gasteiger partial charge >= 0.3 is 0 Å². The standard InChI is InChI=1S/C31H42N6O3/c1-21(2)14-18-37-22-12-13-27-24(19-22)29(33-35(27)4)30(39)32-15-8-17-36(16-7-11-28(37)38)31(40)25-20-34(3)26-10-6-5-9-23(25)26/h5-6,9-10,20-22H,7-8,11-19H2,1-4H3,(H,32,39). The SMILES string of the molecule is CC(C)CCN1C(=O)CCCN(C(=O)c2cn(C)c3ccccc23)CCCNC(=O)c2nn(C)c3c2CC1CC3. The average molecular weight is 547 g/mol. The summed E-state index contributed by atoms with van der Waals surface area (Å²) in [7, 11) is 3.85. The molecule has 2 bridgehead atoms. The normalized spacial score (nSPS) is 19.1. The molecule has 1 aromatic carbocycles. The van der Waals surface area contributed by atoms with E-state index in [0.717, 1.165) is 41.4 Å². The van der Waals surface area contributed by atoms with Gasteiger partial charge in [-0.2, -0.15) is 5.10 Å². The minimum Gasteiger partial charge on any atom is -0.351 e. The number of hydrogen-bond donors (Lipinski definition) is 1. The van der Waals surface area contributed by atoms with Crippen LogP contribution in [0, 0.1) is 5.92 Å². The number of amides is 3. The van der Waals surface area contributed by atoms with Crippen molar-refractivity contribution in [2.75, 3.05) is 26.2 Å². The van der Waals surface area contributed by atoms with Crippen molar-refractivity contribution >= 4 is 28.6 Å². The van der Waals surface area contributed by atoms with Crippen LogP contribution in [0.15, 0.2) is 30.5 Å². The predicted molar refractivity (Wildman–Crippen MR) is 155 cm³/mol. The summed E-state index contributed by atoms with van der Waals surface area (Å²) in [5, 5.41) is 8.55. The summed E-state index contributed by atoms with van der Waals surface area (Å²) in [5.74, 6) is 0.400. The second-order valence-corrected chi connectivity index (χ2v) is 11.7. The van der Waals surface area contributed by atoms with E-state index in [9.17, 15) is 14.4 Å². The fraction of sp³-hybridized carbons (Fsp3) is 0.548. The van der Waals surface area contributed by atoms with E-state index < -0.39 is 0 Å². The molecule has 3 heterocycles. The largest absolute Gasteiger partial charge is 0.351 e. The summed E-state index contributed by atoms with van der Waals surface area (Å²) in [5.41, 5.74) is 4.21. The van der Waals surface area contributed by atoms with Crippen LogP contribution in [0.3, 0.4) is 0 Å². The molecule has 0 radical (unpaired) electrons. The van der Waals surface area contributed by atoms with Gasteiger partial charge in [-0.1, -0.05) is 32.0 Å². The van der Waals surface area contributed by atoms with Crippen LogP contribution in [0.4, 0.5) is 0 Å². The number of aromatic nitrogens is 3. The van der Waals surface area contributed by atoms with Crippen LogP contribution in [0.25, 0.3) is 10.9 Å². The Morgan fingerprint density at radius 2 is 1.88 bits per heavy atom. The first-order chi connectivity index (χ1) is 19.2. The van der Waals surface area contributed by atoms with Crippen LogP contribution < -0.4 is 5.32 Å². The first-order valence-electron chi connectivity index (χ1n) is 14.7. The Labute approximate surface area is 236 Å². The average Bonchev–Trinajstić information content (AvgIpc) is 3.45. The molecule has 2 aromatic heterocycles. The number of nitrogens with zero attached hydrogens (tertiary/aromatic N) is 5. The van der Waals surface area contributed by atoms with E-state index in [2.05, 4.69) is 24.3 Å². The Hall–Kier alpha value is -3.62. The van der Waals surface area contributed by atoms with Gasteiger partial charge in [0, 0.05) is 81.1 Å². The number of nitrogens with one attached hydrogen (secondary N) is 1. The summed E-state index contributed by atoms with van der Waals surface area (Å²) in [6.07, 6.45) is 6.77. The number of hydrogen-bond acceptors (Lipinski definition) is 4. The van der Waals surface area contributed by atoms with E-state index in [1.807, 2.05) is 63.6 Å². The highest BCUT2D eigenvalue weighted by molar-refractivity contribution is 6.07. The number of carbonyl (C=O) groups is 3. The highest BCUT2D eigenvalue weighted by Crippen LogP contribution is 2.29. The Morgan fingerprint density at radius 1 is 1.10 bits per heavy atom. The molecule has 9 heteroatoms. The molecule has 3 amide bonds. The monoisotopic (exact) mass is 546 g/mol. The van der Waals surface area contributed by atoms with Gasteiger partial charge in [-0.3, -0.25) is 19.1 Å². The summed E-state index contributed by atoms with van der Waals surface area (Å²) in [6.45, 7) is 6.51. The molecule has 1 aliphatic carbocycles. The quantitative estimate of drug-likeness (QED) is 0.540. The fourth-order valence-electron chi connectivity index (χ4n) is 6.25. The van der Waals surface area contributed by atoms with Gasteiger partial charge in [0.15, 0.2) is 5.69 Å². The van der Waals surface area contributed by atoms with Gasteiger partial charge in [-0.25, -0.2) is 0 Å². The lowest BCUT2D eigenvalue weighted by atomic mass is 9.89. The van der Waals surface area contributed by atoms with Crippen LogP contribution in [-0.4, -0.2) is 74.1 Å². The zero-order valence-electron chi connectivity index (χ0n) is 24.3. The molecule has 0 fully saturated rings. The molecule has 1 unspecified atom stereocenters. The minimum absolute atomic E-state index is 0.0380. The summed E-state index contributed by atoms with van der Waals surface area (Å²) >= 11 is 0. The molecule has 40 heavy (non-hydrogen) atoms. The van der Waals surface area contributed by atoms with Gasteiger partial charge in [0.2, 0.25) is 5.91 Å². The van der Waals surface area contributed by atoms with Crippen molar-refractivity contribution in [3.63, 3.8) is 0 Å². The molecule has 5 rings (SSSR count). The van der Waals surface area contributed by atoms with Crippen molar-refractivity contribution in [1.82, 2.24) is 29.5 Å². The lowest BCUT2D eigenvalue weighted by Crippen LogP contribution is -2.45. The van der Waals surface area contributed by atoms with Crippen molar-refractivity contribution in [1.29, 1.82) is 0 Å². The van der Waals surface area contributed by atoms with Crippen LogP contribution in [0.1, 0.15) is 78.1 Å². The van der Waals surface area contributed by atoms with Crippen molar-refractivity contribution < 1.29 is 14.4 Å². The molecule has 2 aliphatic rings. The Morgan fingerprint density at radius 3 is 2.67 bits per heavy atom. The number of aryl methyl sites for hydroxylation is 2. The lowest BCUT2D eigenvalue weighted by molar-refractivity contribution is -0.134. The second kappa shape index (κ2) is 11.9. The Bertz CT molecular complexity index is 1400. The zero-order chi connectivity index (χ0) is 28.4. The third-order valence-corrected chi connectivity index (χ3v) is 8.48. The summed E-state index contributed by atoms with van der Waals surface area (Å²) < 4.78 is 3.81. The van der Waals surface area contributed by atoms with Gasteiger partial charge < -0.3 is 19.7 Å². The first-order valence-corrected chi connectivity index (χ1v) is 14.7. The number of carbonyl (C=O) groups excluding carboxylic acids is 3. The molecule has 1 aliphatic heterocycles. The van der Waals surface area contributed by atoms with E-state index >= 15 is 0 Å². The van der Waals surface area contributed by atoms with Gasteiger partial charge in [-0.05, 0) is 50.5 Å². The van der Waals surface area contributed by atoms with Crippen molar-refractivity contribution in [3.8, 4) is 0 Å². The first kappa shape index (κ1) is 27.9. The maximum atomic E-state index is 13.8. The Kier molecular flexibility index (Phi) is 8.28. The highest BCUT2D eigenvalue weighted by atomic mass is 16.2. The second-order valence-electron chi connectivity index (χ2n) is 11.7. The molecular weight excluding hydrogens is 504 g/mol. The zero-order valence-corrected chi connectivity index (χ0v) is 24.3. The van der Waals surface area contributed by atoms with E-state index in [-0.39, 0.29) is 23.8 Å². The van der Waals surface area contributed by atoms with E-state index in [4.69, 9.17) is 0 Å². The third kappa shape index (κ3) is 5.64. The van der Waals surface area contributed by atoms with Crippen LogP contribution >= 0.6 is 0 Å². The number of para-hydroxylation sites is 1. The third-order valence-electron chi connectivity index (χ3n) is 8.48. The molecule has 0 saturated heterocycles. The van der Waals surface area contributed by atoms with E-state index in [1.165, 1.54) is 0 Å². The predicted octanol–water partition coefficient (Wildman–Crippen LogP) is 3.70. The van der Waals surface area contributed by atoms with Crippen LogP contribution in [-0.2, 0) is 31.7 Å². The molecule has 0 saturated carbocycles. The van der Waals surface area contributed by atoms with Gasteiger partial charge in [0.25, 0.3) is 11.8 Å². The molecule has 1 N–H and O–H groups in total. The summed E-state index contributed by atoms with van der Waals surface area (Å²) in [4.78, 5) is 44.6. The summed E-state index contributed by atoms with van der Waals surface area (Å²) in [6, 6.07) is 7.96. The van der Waals surface area contributed by atoms with Gasteiger partial charge in [0.1, 0.15) is 0 Å². The maximum absolute atomic E-state index is 13.8. The number of rotatable bonds is 4. The Balaban J connectivity index is 1.41. The van der Waals surface area contributed by atoms with E-state index in [1.54, 1.807) is 0 Å². The number of benzene rings is 1. The maximum Gasteiger partial charge on any atom is 0.272 e. The minimum atomic E-state index is -0.181. The van der Waals surface area contributed by atoms with E-state index in [0.29, 0.717) is 69.0 Å². The number of fused-ring (bicyclic) bond motifs is 2. The molecule has 3 aromatic rings. The van der Waals surface area contributed by atoms with Crippen molar-refractivity contribution in [2.24, 2.45) is 20.0 Å². The fourth-order valence-corrected chi connectivity index (χ4v) is 6.25. The molecule has 214 valence electrons. The van der Waals surface area contributed by atoms with Crippen molar-refractivity contribution in [3.05, 3.63) is 53.0 Å². The van der Waals surface area contributed by atoms with Crippen LogP contribution in [0.5, 0.6) is 0 Å². The molecular formula is C31H42N6O3. The highest BCUT2D eigenvalue weighted by Gasteiger charge is 2.33. The van der Waals surface area contributed by atoms with Gasteiger partial charge in [-0.15, -0.1) is 0 Å². The topological polar surface area (TPSA) is 92.5 Å².